The van der Waals surface area contributed by atoms with Gasteiger partial charge in [0.05, 0.1) is 5.69 Å². The Morgan fingerprint density at radius 2 is 2.05 bits per heavy atom. The second kappa shape index (κ2) is 7.58. The SMILES string of the molecule is NC(=O)CCC(NC(=O)Nc1cc(F)ccc1Br)C(=O)O. The second-order valence-corrected chi connectivity index (χ2v) is 4.97. The Balaban J connectivity index is 2.67. The number of benzene rings is 1. The van der Waals surface area contributed by atoms with E-state index in [1.54, 1.807) is 0 Å². The maximum Gasteiger partial charge on any atom is 0.326 e. The van der Waals surface area contributed by atoms with E-state index in [2.05, 4.69) is 26.6 Å². The minimum Gasteiger partial charge on any atom is -0.480 e. The van der Waals surface area contributed by atoms with Gasteiger partial charge in [0, 0.05) is 10.9 Å². The molecular formula is C12H13BrFN3O4. The number of aliphatic carboxylic acids is 1. The van der Waals surface area contributed by atoms with Gasteiger partial charge in [-0.1, -0.05) is 0 Å². The van der Waals surface area contributed by atoms with Gasteiger partial charge in [-0.2, -0.15) is 0 Å². The molecule has 0 aliphatic rings. The van der Waals surface area contributed by atoms with Crippen LogP contribution in [0.25, 0.3) is 0 Å². The van der Waals surface area contributed by atoms with Crippen LogP contribution in [0.15, 0.2) is 22.7 Å². The third-order valence-electron chi connectivity index (χ3n) is 2.46. The zero-order chi connectivity index (χ0) is 16.0. The van der Waals surface area contributed by atoms with Crippen LogP contribution >= 0.6 is 15.9 Å². The van der Waals surface area contributed by atoms with Crippen molar-refractivity contribution in [1.82, 2.24) is 5.32 Å². The standard InChI is InChI=1S/C12H13BrFN3O4/c13-7-2-1-6(14)5-9(7)17-12(21)16-8(11(19)20)3-4-10(15)18/h1-2,5,8H,3-4H2,(H2,15,18)(H,19,20)(H2,16,17,21). The van der Waals surface area contributed by atoms with Crippen molar-refractivity contribution in [1.29, 1.82) is 0 Å². The highest BCUT2D eigenvalue weighted by molar-refractivity contribution is 9.10. The third-order valence-corrected chi connectivity index (χ3v) is 3.15. The lowest BCUT2D eigenvalue weighted by molar-refractivity contribution is -0.139. The third kappa shape index (κ3) is 5.78. The van der Waals surface area contributed by atoms with Crippen molar-refractivity contribution in [2.24, 2.45) is 5.73 Å². The molecule has 0 bridgehead atoms. The van der Waals surface area contributed by atoms with Crippen molar-refractivity contribution in [2.75, 3.05) is 5.32 Å². The molecule has 1 rings (SSSR count). The molecular weight excluding hydrogens is 349 g/mol. The van der Waals surface area contributed by atoms with Crippen LogP contribution in [0.2, 0.25) is 0 Å². The van der Waals surface area contributed by atoms with E-state index >= 15 is 0 Å². The number of urea groups is 1. The number of carbonyl (C=O) groups is 3. The number of primary amides is 1. The van der Waals surface area contributed by atoms with Crippen LogP contribution in [0.3, 0.4) is 0 Å². The molecule has 5 N–H and O–H groups in total. The molecule has 0 saturated carbocycles. The van der Waals surface area contributed by atoms with Crippen LogP contribution in [0, 0.1) is 5.82 Å². The van der Waals surface area contributed by atoms with Crippen molar-refractivity contribution < 1.29 is 23.9 Å². The molecule has 0 spiro atoms. The van der Waals surface area contributed by atoms with E-state index in [1.165, 1.54) is 12.1 Å². The Kier molecular flexibility index (Phi) is 6.10. The van der Waals surface area contributed by atoms with Gasteiger partial charge in [-0.15, -0.1) is 0 Å². The molecule has 0 fully saturated rings. The molecule has 1 aromatic rings. The molecule has 0 heterocycles. The molecule has 0 aliphatic heterocycles. The normalized spacial score (nSPS) is 11.5. The van der Waals surface area contributed by atoms with Gasteiger partial charge in [0.1, 0.15) is 11.9 Å². The number of nitrogens with one attached hydrogen (secondary N) is 2. The first-order chi connectivity index (χ1) is 9.79. The number of amides is 3. The van der Waals surface area contributed by atoms with Gasteiger partial charge in [0.25, 0.3) is 0 Å². The summed E-state index contributed by atoms with van der Waals surface area (Å²) in [4.78, 5) is 33.3. The minimum absolute atomic E-state index is 0.137. The summed E-state index contributed by atoms with van der Waals surface area (Å²) in [5, 5.41) is 13.4. The highest BCUT2D eigenvalue weighted by atomic mass is 79.9. The summed E-state index contributed by atoms with van der Waals surface area (Å²) in [6, 6.07) is 1.55. The maximum absolute atomic E-state index is 13.1. The van der Waals surface area contributed by atoms with Gasteiger partial charge in [0.15, 0.2) is 0 Å². The molecule has 0 aliphatic carbocycles. The van der Waals surface area contributed by atoms with E-state index in [1.807, 2.05) is 0 Å². The fourth-order valence-electron chi connectivity index (χ4n) is 1.45. The van der Waals surface area contributed by atoms with E-state index in [0.717, 1.165) is 6.07 Å². The fraction of sp³-hybridized carbons (Fsp3) is 0.250. The number of halogens is 2. The monoisotopic (exact) mass is 361 g/mol. The average molecular weight is 362 g/mol. The topological polar surface area (TPSA) is 122 Å². The average Bonchev–Trinajstić information content (AvgIpc) is 2.38. The van der Waals surface area contributed by atoms with E-state index in [9.17, 15) is 18.8 Å². The Labute approximate surface area is 127 Å². The lowest BCUT2D eigenvalue weighted by Gasteiger charge is -2.15. The van der Waals surface area contributed by atoms with Crippen LogP contribution < -0.4 is 16.4 Å². The van der Waals surface area contributed by atoms with Crippen LogP contribution in [0.1, 0.15) is 12.8 Å². The molecule has 21 heavy (non-hydrogen) atoms. The van der Waals surface area contributed by atoms with Crippen LogP contribution in [-0.4, -0.2) is 29.1 Å². The molecule has 0 saturated heterocycles. The van der Waals surface area contributed by atoms with Crippen molar-refractivity contribution >= 4 is 39.5 Å². The maximum atomic E-state index is 13.1. The fourth-order valence-corrected chi connectivity index (χ4v) is 1.80. The summed E-state index contributed by atoms with van der Waals surface area (Å²) >= 11 is 3.12. The largest absolute Gasteiger partial charge is 0.480 e. The van der Waals surface area contributed by atoms with E-state index < -0.39 is 29.8 Å². The van der Waals surface area contributed by atoms with Crippen molar-refractivity contribution in [3.8, 4) is 0 Å². The molecule has 0 radical (unpaired) electrons. The summed E-state index contributed by atoms with van der Waals surface area (Å²) in [6.07, 6.45) is -0.316. The van der Waals surface area contributed by atoms with E-state index in [4.69, 9.17) is 10.8 Å². The van der Waals surface area contributed by atoms with Crippen LogP contribution in [0.5, 0.6) is 0 Å². The summed E-state index contributed by atoms with van der Waals surface area (Å²) < 4.78 is 13.5. The van der Waals surface area contributed by atoms with E-state index in [0.29, 0.717) is 4.47 Å². The molecule has 114 valence electrons. The summed E-state index contributed by atoms with van der Waals surface area (Å²) in [6.45, 7) is 0. The first-order valence-electron chi connectivity index (χ1n) is 5.83. The molecule has 0 aromatic heterocycles. The zero-order valence-corrected chi connectivity index (χ0v) is 12.3. The number of hydrogen-bond donors (Lipinski definition) is 4. The Morgan fingerprint density at radius 1 is 1.38 bits per heavy atom. The zero-order valence-electron chi connectivity index (χ0n) is 10.7. The molecule has 3 amide bonds. The minimum atomic E-state index is -1.30. The molecule has 7 nitrogen and oxygen atoms in total. The Hall–Kier alpha value is -2.16. The van der Waals surface area contributed by atoms with Gasteiger partial charge in [-0.05, 0) is 40.5 Å². The molecule has 1 unspecified atom stereocenters. The number of hydrogen-bond acceptors (Lipinski definition) is 3. The van der Waals surface area contributed by atoms with Gasteiger partial charge in [-0.25, -0.2) is 14.0 Å². The number of carboxylic acids is 1. The van der Waals surface area contributed by atoms with Gasteiger partial charge >= 0.3 is 12.0 Å². The number of anilines is 1. The quantitative estimate of drug-likeness (QED) is 0.612. The number of nitrogens with two attached hydrogens (primary N) is 1. The smallest absolute Gasteiger partial charge is 0.326 e. The molecule has 1 atom stereocenters. The summed E-state index contributed by atoms with van der Waals surface area (Å²) in [5.41, 5.74) is 5.07. The number of carbonyl (C=O) groups excluding carboxylic acids is 2. The first kappa shape index (κ1) is 16.9. The van der Waals surface area contributed by atoms with E-state index in [-0.39, 0.29) is 18.5 Å². The molecule has 9 heteroatoms. The van der Waals surface area contributed by atoms with Gasteiger partial charge in [0.2, 0.25) is 5.91 Å². The van der Waals surface area contributed by atoms with Crippen molar-refractivity contribution in [2.45, 2.75) is 18.9 Å². The molecule has 1 aromatic carbocycles. The lowest BCUT2D eigenvalue weighted by atomic mass is 10.1. The van der Waals surface area contributed by atoms with Crippen LogP contribution in [-0.2, 0) is 9.59 Å². The Bertz CT molecular complexity index is 567. The van der Waals surface area contributed by atoms with Crippen LogP contribution in [0.4, 0.5) is 14.9 Å². The first-order valence-corrected chi connectivity index (χ1v) is 6.62. The number of rotatable bonds is 6. The van der Waals surface area contributed by atoms with Crippen molar-refractivity contribution in [3.63, 3.8) is 0 Å². The van der Waals surface area contributed by atoms with Gasteiger partial charge in [-0.3, -0.25) is 4.79 Å². The predicted molar refractivity (Wildman–Crippen MR) is 76.1 cm³/mol. The van der Waals surface area contributed by atoms with Crippen molar-refractivity contribution in [3.05, 3.63) is 28.5 Å². The summed E-state index contributed by atoms with van der Waals surface area (Å²) in [7, 11) is 0. The highest BCUT2D eigenvalue weighted by Crippen LogP contribution is 2.22. The predicted octanol–water partition coefficient (Wildman–Crippen LogP) is 1.43. The second-order valence-electron chi connectivity index (χ2n) is 4.12. The number of carboxylic acid groups (broad SMARTS) is 1. The summed E-state index contributed by atoms with van der Waals surface area (Å²) in [5.74, 6) is -2.53. The lowest BCUT2D eigenvalue weighted by Crippen LogP contribution is -2.43. The Morgan fingerprint density at radius 3 is 2.62 bits per heavy atom. The highest BCUT2D eigenvalue weighted by Gasteiger charge is 2.20. The van der Waals surface area contributed by atoms with Gasteiger partial charge < -0.3 is 21.5 Å².